The fourth-order valence-corrected chi connectivity index (χ4v) is 5.28. The predicted molar refractivity (Wildman–Crippen MR) is 160 cm³/mol. The zero-order valence-corrected chi connectivity index (χ0v) is 25.0. The van der Waals surface area contributed by atoms with Crippen molar-refractivity contribution in [2.75, 3.05) is 23.7 Å². The minimum atomic E-state index is -3.83. The molecule has 0 aliphatic rings. The molecule has 208 valence electrons. The van der Waals surface area contributed by atoms with Gasteiger partial charge in [0.25, 0.3) is 0 Å². The van der Waals surface area contributed by atoms with Gasteiger partial charge < -0.3 is 10.2 Å². The Morgan fingerprint density at radius 1 is 0.949 bits per heavy atom. The molecule has 0 aliphatic heterocycles. The molecule has 0 fully saturated rings. The first-order valence-corrected chi connectivity index (χ1v) is 15.6. The maximum atomic E-state index is 13.9. The number of hydrogen-bond acceptors (Lipinski definition) is 4. The highest BCUT2D eigenvalue weighted by atomic mass is 127. The van der Waals surface area contributed by atoms with Gasteiger partial charge in [0.1, 0.15) is 18.4 Å². The van der Waals surface area contributed by atoms with Gasteiger partial charge in [-0.3, -0.25) is 13.9 Å². The molecule has 3 aromatic carbocycles. The second kappa shape index (κ2) is 14.4. The molecule has 0 aliphatic carbocycles. The third-order valence-corrected chi connectivity index (χ3v) is 8.02. The number of rotatable bonds is 13. The van der Waals surface area contributed by atoms with Crippen molar-refractivity contribution in [3.05, 3.63) is 99.4 Å². The standard InChI is InChI=1S/C29H33FIN3O4S/c1-3-4-18-32-29(36)27(19-22-8-6-5-7-9-22)33(20-23-10-12-24(30)13-11-23)28(35)21-34(39(2,37)38)26-16-14-25(31)15-17-26/h5-17,27H,3-4,18-21H2,1-2H3,(H,32,36)/t27-/m1/s1. The van der Waals surface area contributed by atoms with Gasteiger partial charge in [-0.05, 0) is 76.5 Å². The highest BCUT2D eigenvalue weighted by Crippen LogP contribution is 2.21. The number of amides is 2. The first kappa shape index (κ1) is 30.6. The number of halogens is 2. The zero-order valence-electron chi connectivity index (χ0n) is 22.0. The lowest BCUT2D eigenvalue weighted by molar-refractivity contribution is -0.140. The number of sulfonamides is 1. The van der Waals surface area contributed by atoms with E-state index in [1.807, 2.05) is 37.3 Å². The van der Waals surface area contributed by atoms with Crippen molar-refractivity contribution in [1.82, 2.24) is 10.2 Å². The molecular formula is C29H33FIN3O4S. The molecule has 2 amide bonds. The van der Waals surface area contributed by atoms with Crippen LogP contribution in [0.3, 0.4) is 0 Å². The number of nitrogens with one attached hydrogen (secondary N) is 1. The monoisotopic (exact) mass is 665 g/mol. The van der Waals surface area contributed by atoms with E-state index in [9.17, 15) is 22.4 Å². The molecule has 3 aromatic rings. The normalized spacial score (nSPS) is 12.0. The van der Waals surface area contributed by atoms with Gasteiger partial charge in [0.2, 0.25) is 21.8 Å². The van der Waals surface area contributed by atoms with Gasteiger partial charge in [-0.15, -0.1) is 0 Å². The SMILES string of the molecule is CCCCNC(=O)[C@@H](Cc1ccccc1)N(Cc1ccc(F)cc1)C(=O)CN(c1ccc(I)cc1)S(C)(=O)=O. The Morgan fingerprint density at radius 2 is 1.59 bits per heavy atom. The lowest BCUT2D eigenvalue weighted by Gasteiger charge is -2.33. The molecule has 39 heavy (non-hydrogen) atoms. The largest absolute Gasteiger partial charge is 0.354 e. The molecule has 0 bridgehead atoms. The van der Waals surface area contributed by atoms with Gasteiger partial charge in [0.05, 0.1) is 11.9 Å². The molecule has 10 heteroatoms. The summed E-state index contributed by atoms with van der Waals surface area (Å²) in [5.41, 5.74) is 1.81. The van der Waals surface area contributed by atoms with Gasteiger partial charge in [0.15, 0.2) is 0 Å². The summed E-state index contributed by atoms with van der Waals surface area (Å²) in [5.74, 6) is -1.30. The summed E-state index contributed by atoms with van der Waals surface area (Å²) in [7, 11) is -3.83. The van der Waals surface area contributed by atoms with Crippen LogP contribution in [0.2, 0.25) is 0 Å². The summed E-state index contributed by atoms with van der Waals surface area (Å²) in [6, 6.07) is 20.9. The van der Waals surface area contributed by atoms with Crippen LogP contribution >= 0.6 is 22.6 Å². The number of carbonyl (C=O) groups is 2. The average molecular weight is 666 g/mol. The van der Waals surface area contributed by atoms with Crippen molar-refractivity contribution < 1.29 is 22.4 Å². The van der Waals surface area contributed by atoms with Crippen LogP contribution in [0.15, 0.2) is 78.9 Å². The highest BCUT2D eigenvalue weighted by Gasteiger charge is 2.33. The number of unbranched alkanes of at least 4 members (excludes halogenated alkanes) is 1. The maximum absolute atomic E-state index is 13.9. The fraction of sp³-hybridized carbons (Fsp3) is 0.310. The number of benzene rings is 3. The molecule has 0 aromatic heterocycles. The zero-order chi connectivity index (χ0) is 28.4. The van der Waals surface area contributed by atoms with Crippen LogP contribution in [-0.2, 0) is 32.6 Å². The first-order chi connectivity index (χ1) is 18.6. The molecular weight excluding hydrogens is 632 g/mol. The topological polar surface area (TPSA) is 86.8 Å². The van der Waals surface area contributed by atoms with Crippen LogP contribution in [0.5, 0.6) is 0 Å². The minimum absolute atomic E-state index is 0.00208. The van der Waals surface area contributed by atoms with Crippen LogP contribution in [-0.4, -0.2) is 50.5 Å². The third kappa shape index (κ3) is 9.31. The van der Waals surface area contributed by atoms with Gasteiger partial charge in [-0.25, -0.2) is 12.8 Å². The van der Waals surface area contributed by atoms with Crippen molar-refractivity contribution in [2.24, 2.45) is 0 Å². The van der Waals surface area contributed by atoms with E-state index in [1.54, 1.807) is 36.4 Å². The van der Waals surface area contributed by atoms with Crippen molar-refractivity contribution in [2.45, 2.75) is 38.8 Å². The highest BCUT2D eigenvalue weighted by molar-refractivity contribution is 14.1. The van der Waals surface area contributed by atoms with Crippen LogP contribution in [0, 0.1) is 9.39 Å². The fourth-order valence-electron chi connectivity index (χ4n) is 4.07. The van der Waals surface area contributed by atoms with Crippen LogP contribution < -0.4 is 9.62 Å². The Labute approximate surface area is 243 Å². The molecule has 1 atom stereocenters. The number of nitrogens with zero attached hydrogens (tertiary/aromatic N) is 2. The number of anilines is 1. The van der Waals surface area contributed by atoms with Crippen LogP contribution in [0.25, 0.3) is 0 Å². The number of hydrogen-bond donors (Lipinski definition) is 1. The second-order valence-corrected chi connectivity index (χ2v) is 12.4. The summed E-state index contributed by atoms with van der Waals surface area (Å²) in [6.45, 7) is 1.98. The van der Waals surface area contributed by atoms with E-state index in [4.69, 9.17) is 0 Å². The molecule has 0 unspecified atom stereocenters. The Hall–Kier alpha value is -2.99. The Balaban J connectivity index is 2.01. The summed E-state index contributed by atoms with van der Waals surface area (Å²) in [6.07, 6.45) is 2.95. The van der Waals surface area contributed by atoms with Crippen molar-refractivity contribution in [1.29, 1.82) is 0 Å². The first-order valence-electron chi connectivity index (χ1n) is 12.7. The molecule has 0 saturated carbocycles. The smallest absolute Gasteiger partial charge is 0.244 e. The molecule has 7 nitrogen and oxygen atoms in total. The van der Waals surface area contributed by atoms with Crippen LogP contribution in [0.4, 0.5) is 10.1 Å². The van der Waals surface area contributed by atoms with Gasteiger partial charge in [-0.2, -0.15) is 0 Å². The van der Waals surface area contributed by atoms with Gasteiger partial charge in [-0.1, -0.05) is 55.8 Å². The van der Waals surface area contributed by atoms with E-state index in [0.29, 0.717) is 17.8 Å². The molecule has 0 saturated heterocycles. The third-order valence-electron chi connectivity index (χ3n) is 6.16. The minimum Gasteiger partial charge on any atom is -0.354 e. The predicted octanol–water partition coefficient (Wildman–Crippen LogP) is 4.75. The van der Waals surface area contributed by atoms with E-state index < -0.39 is 34.3 Å². The van der Waals surface area contributed by atoms with E-state index in [2.05, 4.69) is 27.9 Å². The van der Waals surface area contributed by atoms with E-state index >= 15 is 0 Å². The summed E-state index contributed by atoms with van der Waals surface area (Å²) < 4.78 is 41.1. The van der Waals surface area contributed by atoms with E-state index in [1.165, 1.54) is 17.0 Å². The molecule has 0 spiro atoms. The van der Waals surface area contributed by atoms with Crippen molar-refractivity contribution in [3.8, 4) is 0 Å². The average Bonchev–Trinajstić information content (AvgIpc) is 2.91. The van der Waals surface area contributed by atoms with Crippen molar-refractivity contribution in [3.63, 3.8) is 0 Å². The Kier molecular flexibility index (Phi) is 11.3. The quantitative estimate of drug-likeness (QED) is 0.211. The Morgan fingerprint density at radius 3 is 2.18 bits per heavy atom. The maximum Gasteiger partial charge on any atom is 0.244 e. The lowest BCUT2D eigenvalue weighted by atomic mass is 10.0. The molecule has 1 N–H and O–H groups in total. The van der Waals surface area contributed by atoms with Crippen LogP contribution in [0.1, 0.15) is 30.9 Å². The summed E-state index contributed by atoms with van der Waals surface area (Å²) in [4.78, 5) is 28.8. The van der Waals surface area contributed by atoms with E-state index in [0.717, 1.165) is 32.5 Å². The van der Waals surface area contributed by atoms with E-state index in [-0.39, 0.29) is 18.9 Å². The van der Waals surface area contributed by atoms with Crippen molar-refractivity contribution >= 4 is 50.1 Å². The molecule has 3 rings (SSSR count). The summed E-state index contributed by atoms with van der Waals surface area (Å²) in [5, 5.41) is 2.93. The second-order valence-electron chi connectivity index (χ2n) is 9.24. The van der Waals surface area contributed by atoms with Gasteiger partial charge in [0, 0.05) is 23.1 Å². The molecule has 0 radical (unpaired) electrons. The summed E-state index contributed by atoms with van der Waals surface area (Å²) >= 11 is 2.12. The van der Waals surface area contributed by atoms with Gasteiger partial charge >= 0.3 is 0 Å². The number of carbonyl (C=O) groups excluding carboxylic acids is 2. The molecule has 0 heterocycles. The Bertz CT molecular complexity index is 1340. The lowest BCUT2D eigenvalue weighted by Crippen LogP contribution is -2.53.